The van der Waals surface area contributed by atoms with Crippen molar-refractivity contribution in [2.45, 2.75) is 59.8 Å². The van der Waals surface area contributed by atoms with E-state index in [0.717, 1.165) is 19.3 Å². The summed E-state index contributed by atoms with van der Waals surface area (Å²) in [6.07, 6.45) is 3.29. The molecule has 22 heavy (non-hydrogen) atoms. The van der Waals surface area contributed by atoms with Gasteiger partial charge in [-0.1, -0.05) is 13.8 Å². The number of esters is 1. The number of carbonyl (C=O) groups excluding carboxylic acids is 3. The molecule has 2 fully saturated rings. The van der Waals surface area contributed by atoms with Crippen LogP contribution in [0, 0.1) is 29.1 Å². The molecule has 4 heteroatoms. The SMILES string of the molecule is CCOC(=O)[C@@]1(CC(C)=O)CCC2C(C)CC(C)CC2C1=O. The number of hydrogen-bond acceptors (Lipinski definition) is 4. The van der Waals surface area contributed by atoms with Gasteiger partial charge in [0.2, 0.25) is 0 Å². The van der Waals surface area contributed by atoms with Gasteiger partial charge in [-0.05, 0) is 57.3 Å². The van der Waals surface area contributed by atoms with E-state index in [1.807, 2.05) is 0 Å². The molecule has 2 aliphatic rings. The molecule has 0 aromatic heterocycles. The van der Waals surface area contributed by atoms with Crippen LogP contribution in [0.5, 0.6) is 0 Å². The van der Waals surface area contributed by atoms with Crippen LogP contribution in [0.3, 0.4) is 0 Å². The molecule has 4 unspecified atom stereocenters. The summed E-state index contributed by atoms with van der Waals surface area (Å²) in [5, 5.41) is 0. The molecule has 2 rings (SSSR count). The number of Topliss-reactive ketones (excluding diaryl/α,β-unsaturated/α-hetero) is 2. The molecule has 2 aliphatic carbocycles. The topological polar surface area (TPSA) is 60.4 Å². The minimum absolute atomic E-state index is 0.00332. The van der Waals surface area contributed by atoms with Gasteiger partial charge in [0.25, 0.3) is 0 Å². The van der Waals surface area contributed by atoms with Crippen LogP contribution in [0.4, 0.5) is 0 Å². The number of hydrogen-bond donors (Lipinski definition) is 0. The molecule has 2 saturated carbocycles. The third-order valence-electron chi connectivity index (χ3n) is 5.61. The summed E-state index contributed by atoms with van der Waals surface area (Å²) in [6.45, 7) is 7.81. The molecular weight excluding hydrogens is 280 g/mol. The molecular formula is C18H28O4. The summed E-state index contributed by atoms with van der Waals surface area (Å²) in [5.74, 6) is 0.646. The van der Waals surface area contributed by atoms with Gasteiger partial charge in [-0.25, -0.2) is 0 Å². The molecule has 0 spiro atoms. The molecule has 0 amide bonds. The zero-order chi connectivity index (χ0) is 16.5. The lowest BCUT2D eigenvalue weighted by molar-refractivity contribution is -0.169. The lowest BCUT2D eigenvalue weighted by Crippen LogP contribution is -2.53. The third kappa shape index (κ3) is 2.97. The Morgan fingerprint density at radius 1 is 1.27 bits per heavy atom. The summed E-state index contributed by atoms with van der Waals surface area (Å²) in [5.41, 5.74) is -1.22. The van der Waals surface area contributed by atoms with E-state index in [-0.39, 0.29) is 30.5 Å². The second-order valence-corrected chi connectivity index (χ2v) is 7.41. The summed E-state index contributed by atoms with van der Waals surface area (Å²) >= 11 is 0. The van der Waals surface area contributed by atoms with Crippen molar-refractivity contribution < 1.29 is 19.1 Å². The Morgan fingerprint density at radius 2 is 1.95 bits per heavy atom. The first-order chi connectivity index (χ1) is 10.3. The average molecular weight is 308 g/mol. The molecule has 0 aromatic carbocycles. The second kappa shape index (κ2) is 6.51. The van der Waals surface area contributed by atoms with Crippen molar-refractivity contribution in [3.8, 4) is 0 Å². The zero-order valence-electron chi connectivity index (χ0n) is 14.2. The van der Waals surface area contributed by atoms with Crippen LogP contribution in [0.25, 0.3) is 0 Å². The van der Waals surface area contributed by atoms with Crippen LogP contribution in [0.2, 0.25) is 0 Å². The van der Waals surface area contributed by atoms with Gasteiger partial charge >= 0.3 is 5.97 Å². The van der Waals surface area contributed by atoms with Crippen LogP contribution in [0.1, 0.15) is 59.8 Å². The standard InChI is InChI=1S/C18H28O4/c1-5-22-17(21)18(10-13(4)19)7-6-14-12(3)8-11(2)9-15(14)16(18)20/h11-12,14-15H,5-10H2,1-4H3/t11?,12?,14?,15?,18-/m1/s1. The van der Waals surface area contributed by atoms with Gasteiger partial charge in [-0.15, -0.1) is 0 Å². The Kier molecular flexibility index (Phi) is 5.08. The van der Waals surface area contributed by atoms with Crippen molar-refractivity contribution in [3.05, 3.63) is 0 Å². The van der Waals surface area contributed by atoms with Crippen LogP contribution < -0.4 is 0 Å². The van der Waals surface area contributed by atoms with E-state index in [1.165, 1.54) is 6.92 Å². The van der Waals surface area contributed by atoms with E-state index in [9.17, 15) is 14.4 Å². The zero-order valence-corrected chi connectivity index (χ0v) is 14.2. The van der Waals surface area contributed by atoms with E-state index < -0.39 is 11.4 Å². The Labute approximate surface area is 133 Å². The highest BCUT2D eigenvalue weighted by Crippen LogP contribution is 2.51. The van der Waals surface area contributed by atoms with E-state index in [2.05, 4.69) is 13.8 Å². The average Bonchev–Trinajstić information content (AvgIpc) is 2.42. The van der Waals surface area contributed by atoms with E-state index in [0.29, 0.717) is 24.2 Å². The first kappa shape index (κ1) is 17.2. The van der Waals surface area contributed by atoms with E-state index in [1.54, 1.807) is 6.92 Å². The van der Waals surface area contributed by atoms with Crippen molar-refractivity contribution >= 4 is 17.5 Å². The Hall–Kier alpha value is -1.19. The fourth-order valence-electron chi connectivity index (χ4n) is 4.73. The fourth-order valence-corrected chi connectivity index (χ4v) is 4.73. The summed E-state index contributed by atoms with van der Waals surface area (Å²) in [4.78, 5) is 37.4. The van der Waals surface area contributed by atoms with Crippen molar-refractivity contribution in [3.63, 3.8) is 0 Å². The van der Waals surface area contributed by atoms with Crippen LogP contribution in [-0.2, 0) is 19.1 Å². The van der Waals surface area contributed by atoms with Gasteiger partial charge < -0.3 is 4.74 Å². The second-order valence-electron chi connectivity index (χ2n) is 7.41. The van der Waals surface area contributed by atoms with Crippen molar-refractivity contribution in [1.82, 2.24) is 0 Å². The van der Waals surface area contributed by atoms with Crippen LogP contribution in [0.15, 0.2) is 0 Å². The minimum Gasteiger partial charge on any atom is -0.465 e. The lowest BCUT2D eigenvalue weighted by Gasteiger charge is -2.47. The largest absolute Gasteiger partial charge is 0.465 e. The van der Waals surface area contributed by atoms with Gasteiger partial charge in [0.15, 0.2) is 5.78 Å². The maximum Gasteiger partial charge on any atom is 0.320 e. The molecule has 0 saturated heterocycles. The highest BCUT2D eigenvalue weighted by Gasteiger charge is 2.56. The molecule has 5 atom stereocenters. The molecule has 0 heterocycles. The van der Waals surface area contributed by atoms with Crippen molar-refractivity contribution in [2.24, 2.45) is 29.1 Å². The maximum atomic E-state index is 13.2. The highest BCUT2D eigenvalue weighted by molar-refractivity contribution is 6.08. The van der Waals surface area contributed by atoms with Crippen LogP contribution >= 0.6 is 0 Å². The quantitative estimate of drug-likeness (QED) is 0.591. The summed E-state index contributed by atoms with van der Waals surface area (Å²) in [7, 11) is 0. The van der Waals surface area contributed by atoms with Gasteiger partial charge in [-0.2, -0.15) is 0 Å². The number of ketones is 2. The number of rotatable bonds is 4. The lowest BCUT2D eigenvalue weighted by atomic mass is 9.55. The summed E-state index contributed by atoms with van der Waals surface area (Å²) < 4.78 is 5.18. The predicted molar refractivity (Wildman–Crippen MR) is 83.1 cm³/mol. The molecule has 0 N–H and O–H groups in total. The first-order valence-corrected chi connectivity index (χ1v) is 8.52. The monoisotopic (exact) mass is 308 g/mol. The van der Waals surface area contributed by atoms with E-state index in [4.69, 9.17) is 4.74 Å². The van der Waals surface area contributed by atoms with Crippen LogP contribution in [-0.4, -0.2) is 24.1 Å². The van der Waals surface area contributed by atoms with Gasteiger partial charge in [-0.3, -0.25) is 14.4 Å². The predicted octanol–water partition coefficient (Wildman–Crippen LogP) is 3.18. The summed E-state index contributed by atoms with van der Waals surface area (Å²) in [6, 6.07) is 0. The maximum absolute atomic E-state index is 13.2. The Balaban J connectivity index is 2.33. The number of carbonyl (C=O) groups is 3. The third-order valence-corrected chi connectivity index (χ3v) is 5.61. The molecule has 4 nitrogen and oxygen atoms in total. The number of fused-ring (bicyclic) bond motifs is 1. The molecule has 0 bridgehead atoms. The molecule has 124 valence electrons. The Morgan fingerprint density at radius 3 is 2.55 bits per heavy atom. The smallest absolute Gasteiger partial charge is 0.320 e. The van der Waals surface area contributed by atoms with Crippen molar-refractivity contribution in [2.75, 3.05) is 6.61 Å². The first-order valence-electron chi connectivity index (χ1n) is 8.52. The molecule has 0 radical (unpaired) electrons. The van der Waals surface area contributed by atoms with Crippen molar-refractivity contribution in [1.29, 1.82) is 0 Å². The molecule has 0 aliphatic heterocycles. The fraction of sp³-hybridized carbons (Fsp3) is 0.833. The van der Waals surface area contributed by atoms with Gasteiger partial charge in [0.1, 0.15) is 11.2 Å². The number of ether oxygens (including phenoxy) is 1. The molecule has 0 aromatic rings. The van der Waals surface area contributed by atoms with Gasteiger partial charge in [0.05, 0.1) is 6.61 Å². The Bertz CT molecular complexity index is 470. The van der Waals surface area contributed by atoms with Gasteiger partial charge in [0, 0.05) is 12.3 Å². The van der Waals surface area contributed by atoms with E-state index >= 15 is 0 Å². The highest BCUT2D eigenvalue weighted by atomic mass is 16.5. The normalized spacial score (nSPS) is 38.3. The minimum atomic E-state index is -1.22.